The minimum atomic E-state index is -0.277. The molecule has 4 rings (SSSR count). The molecular formula is C21H21N5O3. The molecule has 2 aromatic heterocycles. The molecule has 148 valence electrons. The predicted octanol–water partition coefficient (Wildman–Crippen LogP) is 2.20. The van der Waals surface area contributed by atoms with Crippen molar-refractivity contribution in [3.05, 3.63) is 54.1 Å². The van der Waals surface area contributed by atoms with Gasteiger partial charge in [-0.1, -0.05) is 29.4 Å². The average Bonchev–Trinajstić information content (AvgIpc) is 3.32. The summed E-state index contributed by atoms with van der Waals surface area (Å²) in [6.45, 7) is 2.74. The lowest BCUT2D eigenvalue weighted by atomic mass is 10.0. The summed E-state index contributed by atoms with van der Waals surface area (Å²) in [6, 6.07) is 9.63. The summed E-state index contributed by atoms with van der Waals surface area (Å²) in [4.78, 5) is 34.0. The van der Waals surface area contributed by atoms with Crippen molar-refractivity contribution in [2.24, 2.45) is 5.92 Å². The zero-order valence-corrected chi connectivity index (χ0v) is 16.3. The lowest BCUT2D eigenvalue weighted by Gasteiger charge is -2.11. The molecule has 0 spiro atoms. The van der Waals surface area contributed by atoms with Crippen molar-refractivity contribution in [3.8, 4) is 22.6 Å². The number of carbonyl (C=O) groups is 2. The molecule has 0 aliphatic carbocycles. The monoisotopic (exact) mass is 391 g/mol. The molecule has 1 aliphatic heterocycles. The Morgan fingerprint density at radius 2 is 2.10 bits per heavy atom. The highest BCUT2D eigenvalue weighted by Crippen LogP contribution is 2.30. The van der Waals surface area contributed by atoms with E-state index in [1.807, 2.05) is 37.3 Å². The van der Waals surface area contributed by atoms with Gasteiger partial charge >= 0.3 is 0 Å². The third-order valence-electron chi connectivity index (χ3n) is 5.01. The van der Waals surface area contributed by atoms with Crippen LogP contribution in [0.1, 0.15) is 17.7 Å². The van der Waals surface area contributed by atoms with Gasteiger partial charge in [0.05, 0.1) is 22.9 Å². The molecule has 3 aromatic rings. The Morgan fingerprint density at radius 1 is 1.31 bits per heavy atom. The van der Waals surface area contributed by atoms with Crippen LogP contribution in [-0.2, 0) is 16.1 Å². The zero-order valence-electron chi connectivity index (χ0n) is 16.3. The molecule has 1 unspecified atom stereocenters. The van der Waals surface area contributed by atoms with Crippen LogP contribution in [-0.4, -0.2) is 45.4 Å². The minimum absolute atomic E-state index is 0.0112. The number of aryl methyl sites for hydroxylation is 1. The first-order valence-electron chi connectivity index (χ1n) is 9.36. The van der Waals surface area contributed by atoms with Gasteiger partial charge in [-0.15, -0.1) is 0 Å². The molecule has 0 saturated carbocycles. The lowest BCUT2D eigenvalue weighted by molar-refractivity contribution is -0.128. The number of hydrogen-bond donors (Lipinski definition) is 1. The van der Waals surface area contributed by atoms with Crippen molar-refractivity contribution in [1.29, 1.82) is 0 Å². The van der Waals surface area contributed by atoms with Crippen LogP contribution in [0.4, 0.5) is 0 Å². The molecule has 29 heavy (non-hydrogen) atoms. The molecular weight excluding hydrogens is 370 g/mol. The van der Waals surface area contributed by atoms with E-state index in [0.717, 1.165) is 28.1 Å². The number of amides is 2. The van der Waals surface area contributed by atoms with Crippen LogP contribution in [0.25, 0.3) is 22.6 Å². The van der Waals surface area contributed by atoms with E-state index in [4.69, 9.17) is 4.52 Å². The molecule has 1 atom stereocenters. The van der Waals surface area contributed by atoms with Gasteiger partial charge in [0.25, 0.3) is 0 Å². The van der Waals surface area contributed by atoms with Gasteiger partial charge in [-0.05, 0) is 12.5 Å². The predicted molar refractivity (Wildman–Crippen MR) is 105 cm³/mol. The first-order valence-corrected chi connectivity index (χ1v) is 9.36. The average molecular weight is 391 g/mol. The van der Waals surface area contributed by atoms with Gasteiger partial charge in [-0.3, -0.25) is 9.59 Å². The maximum absolute atomic E-state index is 12.3. The van der Waals surface area contributed by atoms with E-state index in [-0.39, 0.29) is 24.2 Å². The maximum Gasteiger partial charge on any atom is 0.225 e. The highest BCUT2D eigenvalue weighted by Gasteiger charge is 2.31. The van der Waals surface area contributed by atoms with Crippen LogP contribution in [0, 0.1) is 12.8 Å². The smallest absolute Gasteiger partial charge is 0.225 e. The number of aromatic nitrogens is 3. The Hall–Kier alpha value is -3.55. The largest absolute Gasteiger partial charge is 0.356 e. The molecule has 1 aromatic carbocycles. The van der Waals surface area contributed by atoms with Gasteiger partial charge in [-0.25, -0.2) is 9.97 Å². The van der Waals surface area contributed by atoms with Crippen molar-refractivity contribution in [2.75, 3.05) is 13.6 Å². The number of likely N-dealkylation sites (tertiary alicyclic amines) is 1. The number of nitrogens with zero attached hydrogens (tertiary/aromatic N) is 4. The lowest BCUT2D eigenvalue weighted by Crippen LogP contribution is -2.31. The fourth-order valence-corrected chi connectivity index (χ4v) is 3.38. The van der Waals surface area contributed by atoms with E-state index in [1.165, 1.54) is 6.33 Å². The Morgan fingerprint density at radius 3 is 2.76 bits per heavy atom. The SMILES string of the molecule is Cc1cc(-c2cncnc2-c2ccc(CNC(=O)C3CC(=O)N(C)C3)cc2)on1. The molecule has 1 fully saturated rings. The van der Waals surface area contributed by atoms with E-state index in [1.54, 1.807) is 18.1 Å². The fraction of sp³-hybridized carbons (Fsp3) is 0.286. The standard InChI is InChI=1S/C21H21N5O3/c1-13-7-18(29-25-13)17-10-22-12-24-20(17)15-5-3-14(4-6-15)9-23-21(28)16-8-19(27)26(2)11-16/h3-7,10,12,16H,8-9,11H2,1-2H3,(H,23,28). The summed E-state index contributed by atoms with van der Waals surface area (Å²) >= 11 is 0. The summed E-state index contributed by atoms with van der Waals surface area (Å²) in [5.41, 5.74) is 4.18. The Kier molecular flexibility index (Phi) is 5.07. The normalized spacial score (nSPS) is 16.3. The molecule has 3 heterocycles. The third-order valence-corrected chi connectivity index (χ3v) is 5.01. The Balaban J connectivity index is 1.45. The van der Waals surface area contributed by atoms with Crippen LogP contribution < -0.4 is 5.32 Å². The van der Waals surface area contributed by atoms with E-state index in [9.17, 15) is 9.59 Å². The first-order chi connectivity index (χ1) is 14.0. The zero-order chi connectivity index (χ0) is 20.4. The van der Waals surface area contributed by atoms with Gasteiger partial charge in [0.1, 0.15) is 6.33 Å². The second kappa shape index (κ2) is 7.83. The Bertz CT molecular complexity index is 1040. The summed E-state index contributed by atoms with van der Waals surface area (Å²) < 4.78 is 5.36. The molecule has 8 nitrogen and oxygen atoms in total. The fourth-order valence-electron chi connectivity index (χ4n) is 3.38. The van der Waals surface area contributed by atoms with Crippen LogP contribution in [0.3, 0.4) is 0 Å². The molecule has 0 bridgehead atoms. The molecule has 1 aliphatic rings. The number of hydrogen-bond acceptors (Lipinski definition) is 6. The van der Waals surface area contributed by atoms with Gasteiger partial charge in [0.15, 0.2) is 5.76 Å². The molecule has 1 N–H and O–H groups in total. The summed E-state index contributed by atoms with van der Waals surface area (Å²) in [7, 11) is 1.72. The van der Waals surface area contributed by atoms with Crippen molar-refractivity contribution < 1.29 is 14.1 Å². The van der Waals surface area contributed by atoms with Gasteiger partial charge in [-0.2, -0.15) is 0 Å². The highest BCUT2D eigenvalue weighted by molar-refractivity contribution is 5.89. The quantitative estimate of drug-likeness (QED) is 0.716. The van der Waals surface area contributed by atoms with E-state index in [2.05, 4.69) is 20.4 Å². The van der Waals surface area contributed by atoms with E-state index >= 15 is 0 Å². The molecule has 0 radical (unpaired) electrons. The minimum Gasteiger partial charge on any atom is -0.356 e. The summed E-state index contributed by atoms with van der Waals surface area (Å²) in [6.07, 6.45) is 3.48. The van der Waals surface area contributed by atoms with Crippen LogP contribution in [0.5, 0.6) is 0 Å². The number of rotatable bonds is 5. The maximum atomic E-state index is 12.3. The van der Waals surface area contributed by atoms with Crippen molar-refractivity contribution in [3.63, 3.8) is 0 Å². The summed E-state index contributed by atoms with van der Waals surface area (Å²) in [5.74, 6) is 0.258. The van der Waals surface area contributed by atoms with Crippen LogP contribution >= 0.6 is 0 Å². The van der Waals surface area contributed by atoms with E-state index < -0.39 is 0 Å². The number of nitrogens with one attached hydrogen (secondary N) is 1. The second-order valence-corrected chi connectivity index (χ2v) is 7.21. The van der Waals surface area contributed by atoms with Crippen molar-refractivity contribution in [1.82, 2.24) is 25.3 Å². The molecule has 8 heteroatoms. The van der Waals surface area contributed by atoms with Crippen molar-refractivity contribution in [2.45, 2.75) is 19.9 Å². The topological polar surface area (TPSA) is 101 Å². The van der Waals surface area contributed by atoms with Gasteiger partial charge in [0.2, 0.25) is 11.8 Å². The number of benzene rings is 1. The molecule has 2 amide bonds. The van der Waals surface area contributed by atoms with Crippen LogP contribution in [0.2, 0.25) is 0 Å². The van der Waals surface area contributed by atoms with Crippen LogP contribution in [0.15, 0.2) is 47.4 Å². The first kappa shape index (κ1) is 18.8. The Labute approximate surface area is 167 Å². The summed E-state index contributed by atoms with van der Waals surface area (Å²) in [5, 5.41) is 6.84. The molecule has 1 saturated heterocycles. The van der Waals surface area contributed by atoms with E-state index in [0.29, 0.717) is 18.8 Å². The second-order valence-electron chi connectivity index (χ2n) is 7.21. The van der Waals surface area contributed by atoms with Crippen molar-refractivity contribution >= 4 is 11.8 Å². The number of carbonyl (C=O) groups excluding carboxylic acids is 2. The van der Waals surface area contributed by atoms with Gasteiger partial charge < -0.3 is 14.7 Å². The third kappa shape index (κ3) is 4.01. The van der Waals surface area contributed by atoms with Gasteiger partial charge in [0, 0.05) is 44.4 Å². The highest BCUT2D eigenvalue weighted by atomic mass is 16.5.